The zero-order chi connectivity index (χ0) is 8.39. The smallest absolute Gasteiger partial charge is 0.0465 e. The minimum Gasteiger partial charge on any atom is -0.361 e. The van der Waals surface area contributed by atoms with Crippen molar-refractivity contribution in [1.29, 1.82) is 0 Å². The van der Waals surface area contributed by atoms with Gasteiger partial charge in [0, 0.05) is 21.9 Å². The van der Waals surface area contributed by atoms with Gasteiger partial charge >= 0.3 is 0 Å². The molecule has 60 valence electrons. The molecule has 1 nitrogen and oxygen atoms in total. The zero-order valence-corrected chi connectivity index (χ0v) is 8.01. The molecule has 2 heteroatoms. The predicted molar refractivity (Wildman–Crippen MR) is 53.9 cm³/mol. The Morgan fingerprint density at radius 2 is 1.83 bits per heavy atom. The molecule has 0 aliphatic carbocycles. The minimum absolute atomic E-state index is 1.12. The predicted octanol–water partition coefficient (Wildman–Crippen LogP) is 3.44. The molecule has 0 radical (unpaired) electrons. The summed E-state index contributed by atoms with van der Waals surface area (Å²) >= 11 is 3.50. The van der Waals surface area contributed by atoms with Crippen LogP contribution in [0.3, 0.4) is 0 Å². The molecule has 0 amide bonds. The summed E-state index contributed by atoms with van der Waals surface area (Å²) in [7, 11) is 0. The van der Waals surface area contributed by atoms with Crippen LogP contribution in [-0.2, 0) is 0 Å². The third kappa shape index (κ3) is 1.30. The summed E-state index contributed by atoms with van der Waals surface area (Å²) in [6.45, 7) is 0. The van der Waals surface area contributed by atoms with E-state index < -0.39 is 0 Å². The molecular formula is C10H8BrN. The van der Waals surface area contributed by atoms with Crippen LogP contribution in [0.15, 0.2) is 47.1 Å². The summed E-state index contributed by atoms with van der Waals surface area (Å²) in [5.74, 6) is 0. The topological polar surface area (TPSA) is 15.8 Å². The van der Waals surface area contributed by atoms with Gasteiger partial charge < -0.3 is 4.98 Å². The van der Waals surface area contributed by atoms with Crippen LogP contribution < -0.4 is 0 Å². The van der Waals surface area contributed by atoms with Crippen molar-refractivity contribution < 1.29 is 0 Å². The molecule has 1 N–H and O–H groups in total. The molecule has 0 spiro atoms. The molecule has 12 heavy (non-hydrogen) atoms. The highest BCUT2D eigenvalue weighted by atomic mass is 79.9. The first-order valence-electron chi connectivity index (χ1n) is 3.76. The molecule has 0 saturated heterocycles. The maximum atomic E-state index is 3.50. The van der Waals surface area contributed by atoms with Gasteiger partial charge in [-0.3, -0.25) is 0 Å². The normalized spacial score (nSPS) is 10.1. The lowest BCUT2D eigenvalue weighted by Gasteiger charge is -1.99. The van der Waals surface area contributed by atoms with Gasteiger partial charge in [0.25, 0.3) is 0 Å². The van der Waals surface area contributed by atoms with Crippen LogP contribution in [0.4, 0.5) is 0 Å². The van der Waals surface area contributed by atoms with Gasteiger partial charge in [0.05, 0.1) is 0 Å². The van der Waals surface area contributed by atoms with E-state index in [-0.39, 0.29) is 0 Å². The number of rotatable bonds is 1. The van der Waals surface area contributed by atoms with E-state index in [1.165, 1.54) is 5.56 Å². The second kappa shape index (κ2) is 3.15. The molecule has 2 aromatic rings. The first-order valence-corrected chi connectivity index (χ1v) is 4.55. The van der Waals surface area contributed by atoms with E-state index in [0.29, 0.717) is 0 Å². The van der Waals surface area contributed by atoms with Crippen LogP contribution in [0.2, 0.25) is 0 Å². The molecule has 0 unspecified atom stereocenters. The molecule has 0 aliphatic rings. The van der Waals surface area contributed by atoms with Crippen LogP contribution in [0.1, 0.15) is 0 Å². The van der Waals surface area contributed by atoms with E-state index in [0.717, 1.165) is 10.2 Å². The number of aromatic amines is 1. The van der Waals surface area contributed by atoms with Crippen molar-refractivity contribution in [2.24, 2.45) is 0 Å². The Bertz CT molecular complexity index is 365. The summed E-state index contributed by atoms with van der Waals surface area (Å²) in [6, 6.07) is 12.2. The van der Waals surface area contributed by atoms with Crippen LogP contribution >= 0.6 is 15.9 Å². The second-order valence-corrected chi connectivity index (χ2v) is 3.42. The third-order valence-corrected chi connectivity index (χ3v) is 2.45. The van der Waals surface area contributed by atoms with E-state index in [4.69, 9.17) is 0 Å². The SMILES string of the molecule is Brc1ccccc1-c1ccc[nH]1. The molecule has 0 fully saturated rings. The maximum absolute atomic E-state index is 3.50. The maximum Gasteiger partial charge on any atom is 0.0465 e. The Morgan fingerprint density at radius 1 is 1.00 bits per heavy atom. The number of H-pyrrole nitrogens is 1. The van der Waals surface area contributed by atoms with Crippen LogP contribution in [0, 0.1) is 0 Å². The van der Waals surface area contributed by atoms with Crippen LogP contribution in [-0.4, -0.2) is 4.98 Å². The molecule has 1 heterocycles. The van der Waals surface area contributed by atoms with Gasteiger partial charge in [0.15, 0.2) is 0 Å². The van der Waals surface area contributed by atoms with E-state index in [9.17, 15) is 0 Å². The van der Waals surface area contributed by atoms with Crippen molar-refractivity contribution in [2.75, 3.05) is 0 Å². The average Bonchev–Trinajstić information content (AvgIpc) is 2.57. The van der Waals surface area contributed by atoms with Crippen molar-refractivity contribution in [3.8, 4) is 11.3 Å². The fraction of sp³-hybridized carbons (Fsp3) is 0. The van der Waals surface area contributed by atoms with Crippen molar-refractivity contribution in [2.45, 2.75) is 0 Å². The summed E-state index contributed by atoms with van der Waals surface area (Å²) in [6.07, 6.45) is 1.93. The minimum atomic E-state index is 1.12. The summed E-state index contributed by atoms with van der Waals surface area (Å²) in [5, 5.41) is 0. The molecule has 0 bridgehead atoms. The van der Waals surface area contributed by atoms with Gasteiger partial charge in [0.2, 0.25) is 0 Å². The summed E-state index contributed by atoms with van der Waals surface area (Å²) in [4.78, 5) is 3.16. The first kappa shape index (κ1) is 7.62. The molecule has 0 aliphatic heterocycles. The number of hydrogen-bond donors (Lipinski definition) is 1. The highest BCUT2D eigenvalue weighted by Gasteiger charge is 2.00. The molecule has 1 aromatic heterocycles. The highest BCUT2D eigenvalue weighted by Crippen LogP contribution is 2.25. The fourth-order valence-corrected chi connectivity index (χ4v) is 1.68. The van der Waals surface area contributed by atoms with Crippen molar-refractivity contribution in [3.05, 3.63) is 47.1 Å². The number of benzene rings is 1. The van der Waals surface area contributed by atoms with E-state index in [1.807, 2.05) is 30.5 Å². The van der Waals surface area contributed by atoms with Gasteiger partial charge in [-0.1, -0.05) is 34.1 Å². The Morgan fingerprint density at radius 3 is 2.50 bits per heavy atom. The number of nitrogens with one attached hydrogen (secondary N) is 1. The van der Waals surface area contributed by atoms with Gasteiger partial charge in [-0.2, -0.15) is 0 Å². The quantitative estimate of drug-likeness (QED) is 0.760. The van der Waals surface area contributed by atoms with Crippen molar-refractivity contribution >= 4 is 15.9 Å². The summed E-state index contributed by atoms with van der Waals surface area (Å²) in [5.41, 5.74) is 2.34. The standard InChI is InChI=1S/C10H8BrN/c11-9-5-2-1-4-8(9)10-6-3-7-12-10/h1-7,12H. The van der Waals surface area contributed by atoms with E-state index in [2.05, 4.69) is 33.0 Å². The molecule has 2 rings (SSSR count). The van der Waals surface area contributed by atoms with Crippen LogP contribution in [0.5, 0.6) is 0 Å². The van der Waals surface area contributed by atoms with Crippen LogP contribution in [0.25, 0.3) is 11.3 Å². The Kier molecular flexibility index (Phi) is 2.00. The van der Waals surface area contributed by atoms with Crippen molar-refractivity contribution in [3.63, 3.8) is 0 Å². The van der Waals surface area contributed by atoms with Gasteiger partial charge in [-0.25, -0.2) is 0 Å². The number of hydrogen-bond acceptors (Lipinski definition) is 0. The fourth-order valence-electron chi connectivity index (χ4n) is 1.18. The van der Waals surface area contributed by atoms with E-state index in [1.54, 1.807) is 0 Å². The Hall–Kier alpha value is -1.02. The first-order chi connectivity index (χ1) is 5.88. The third-order valence-electron chi connectivity index (χ3n) is 1.76. The molecule has 0 saturated carbocycles. The highest BCUT2D eigenvalue weighted by molar-refractivity contribution is 9.10. The van der Waals surface area contributed by atoms with Gasteiger partial charge in [-0.05, 0) is 18.2 Å². The molecule has 0 atom stereocenters. The Labute approximate surface area is 79.6 Å². The summed E-state index contributed by atoms with van der Waals surface area (Å²) < 4.78 is 1.12. The lowest BCUT2D eigenvalue weighted by Crippen LogP contribution is -1.77. The Balaban J connectivity index is 2.55. The molecule has 1 aromatic carbocycles. The van der Waals surface area contributed by atoms with Crippen molar-refractivity contribution in [1.82, 2.24) is 4.98 Å². The monoisotopic (exact) mass is 221 g/mol. The number of halogens is 1. The lowest BCUT2D eigenvalue weighted by molar-refractivity contribution is 1.39. The zero-order valence-electron chi connectivity index (χ0n) is 6.42. The average molecular weight is 222 g/mol. The van der Waals surface area contributed by atoms with Gasteiger partial charge in [-0.15, -0.1) is 0 Å². The lowest BCUT2D eigenvalue weighted by atomic mass is 10.2. The largest absolute Gasteiger partial charge is 0.361 e. The number of aromatic nitrogens is 1. The van der Waals surface area contributed by atoms with E-state index >= 15 is 0 Å². The second-order valence-electron chi connectivity index (χ2n) is 2.56. The molecular weight excluding hydrogens is 214 g/mol. The van der Waals surface area contributed by atoms with Gasteiger partial charge in [0.1, 0.15) is 0 Å².